The maximum atomic E-state index is 13.2. The zero-order chi connectivity index (χ0) is 10.9. The molecule has 1 N–H and O–H groups in total. The Kier molecular flexibility index (Phi) is 3.10. The molecule has 1 rings (SSSR count). The van der Waals surface area contributed by atoms with Crippen molar-refractivity contribution in [3.63, 3.8) is 0 Å². The molecule has 3 nitrogen and oxygen atoms in total. The predicted molar refractivity (Wildman–Crippen MR) is 52.3 cm³/mol. The summed E-state index contributed by atoms with van der Waals surface area (Å²) >= 11 is 2.97. The number of ether oxygens (including phenoxy) is 1. The molecule has 0 saturated carbocycles. The molecule has 1 aromatic rings. The van der Waals surface area contributed by atoms with E-state index in [1.165, 1.54) is 14.0 Å². The molecule has 5 heteroatoms. The normalized spacial score (nSPS) is 10.0. The van der Waals surface area contributed by atoms with Gasteiger partial charge in [-0.15, -0.1) is 0 Å². The van der Waals surface area contributed by atoms with Crippen molar-refractivity contribution in [2.24, 2.45) is 0 Å². The average molecular weight is 263 g/mol. The van der Waals surface area contributed by atoms with Gasteiger partial charge in [0.15, 0.2) is 0 Å². The second-order valence-corrected chi connectivity index (χ2v) is 3.47. The summed E-state index contributed by atoms with van der Waals surface area (Å²) in [6.07, 6.45) is 0. The molecular formula is C9H8BrFO3. The van der Waals surface area contributed by atoms with Crippen molar-refractivity contribution in [1.82, 2.24) is 0 Å². The van der Waals surface area contributed by atoms with Crippen LogP contribution in [0.25, 0.3) is 0 Å². The quantitative estimate of drug-likeness (QED) is 0.892. The highest BCUT2D eigenvalue weighted by molar-refractivity contribution is 9.10. The first-order valence-electron chi connectivity index (χ1n) is 3.75. The minimum absolute atomic E-state index is 0.0238. The van der Waals surface area contributed by atoms with E-state index in [4.69, 9.17) is 9.84 Å². The van der Waals surface area contributed by atoms with E-state index in [1.54, 1.807) is 0 Å². The summed E-state index contributed by atoms with van der Waals surface area (Å²) < 4.78 is 18.1. The van der Waals surface area contributed by atoms with E-state index < -0.39 is 11.8 Å². The van der Waals surface area contributed by atoms with Crippen molar-refractivity contribution in [2.75, 3.05) is 7.11 Å². The van der Waals surface area contributed by atoms with Crippen molar-refractivity contribution in [2.45, 2.75) is 6.92 Å². The molecule has 0 aliphatic heterocycles. The fourth-order valence-electron chi connectivity index (χ4n) is 1.15. The minimum atomic E-state index is -1.14. The third-order valence-electron chi connectivity index (χ3n) is 1.85. The molecular weight excluding hydrogens is 255 g/mol. The van der Waals surface area contributed by atoms with Gasteiger partial charge in [0.25, 0.3) is 0 Å². The van der Waals surface area contributed by atoms with Crippen LogP contribution >= 0.6 is 15.9 Å². The summed E-state index contributed by atoms with van der Waals surface area (Å²) in [6, 6.07) is 1.04. The van der Waals surface area contributed by atoms with E-state index in [9.17, 15) is 9.18 Å². The first kappa shape index (κ1) is 11.0. The van der Waals surface area contributed by atoms with Crippen LogP contribution in [0, 0.1) is 12.7 Å². The predicted octanol–water partition coefficient (Wildman–Crippen LogP) is 2.60. The Morgan fingerprint density at radius 2 is 2.21 bits per heavy atom. The van der Waals surface area contributed by atoms with Crippen molar-refractivity contribution in [3.8, 4) is 5.75 Å². The van der Waals surface area contributed by atoms with Crippen LogP contribution in [0.15, 0.2) is 10.5 Å². The average Bonchev–Trinajstić information content (AvgIpc) is 2.12. The lowest BCUT2D eigenvalue weighted by atomic mass is 10.1. The van der Waals surface area contributed by atoms with Gasteiger partial charge in [-0.25, -0.2) is 9.18 Å². The molecule has 0 aliphatic carbocycles. The number of hydrogen-bond donors (Lipinski definition) is 1. The van der Waals surface area contributed by atoms with E-state index in [2.05, 4.69) is 15.9 Å². The van der Waals surface area contributed by atoms with Gasteiger partial charge < -0.3 is 9.84 Å². The van der Waals surface area contributed by atoms with Crippen LogP contribution in [0.5, 0.6) is 5.75 Å². The van der Waals surface area contributed by atoms with Crippen LogP contribution in [-0.4, -0.2) is 18.2 Å². The topological polar surface area (TPSA) is 46.5 Å². The fourth-order valence-corrected chi connectivity index (χ4v) is 1.46. The number of carboxylic acids is 1. The molecule has 1 aromatic carbocycles. The van der Waals surface area contributed by atoms with Crippen molar-refractivity contribution in [1.29, 1.82) is 0 Å². The number of aromatic carboxylic acids is 1. The van der Waals surface area contributed by atoms with Crippen molar-refractivity contribution >= 4 is 21.9 Å². The van der Waals surface area contributed by atoms with E-state index in [0.29, 0.717) is 5.56 Å². The summed E-state index contributed by atoms with van der Waals surface area (Å²) in [5, 5.41) is 8.87. The lowest BCUT2D eigenvalue weighted by molar-refractivity contribution is 0.0692. The van der Waals surface area contributed by atoms with E-state index in [1.807, 2.05) is 0 Å². The maximum absolute atomic E-state index is 13.2. The van der Waals surface area contributed by atoms with Crippen LogP contribution in [0.1, 0.15) is 15.9 Å². The molecule has 0 unspecified atom stereocenters. The van der Waals surface area contributed by atoms with Gasteiger partial charge in [-0.2, -0.15) is 0 Å². The van der Waals surface area contributed by atoms with Gasteiger partial charge in [0.05, 0.1) is 11.6 Å². The first-order valence-corrected chi connectivity index (χ1v) is 4.54. The van der Waals surface area contributed by atoms with Crippen LogP contribution < -0.4 is 4.74 Å². The SMILES string of the molecule is COc1cc(F)c(Br)c(C)c1C(=O)O. The number of rotatable bonds is 2. The third-order valence-corrected chi connectivity index (χ3v) is 2.83. The second kappa shape index (κ2) is 3.96. The number of benzene rings is 1. The molecule has 0 aliphatic rings. The van der Waals surface area contributed by atoms with Crippen molar-refractivity contribution < 1.29 is 19.0 Å². The van der Waals surface area contributed by atoms with Gasteiger partial charge in [0.2, 0.25) is 0 Å². The summed E-state index contributed by atoms with van der Waals surface area (Å²) in [6.45, 7) is 1.51. The van der Waals surface area contributed by atoms with E-state index in [0.717, 1.165) is 6.07 Å². The van der Waals surface area contributed by atoms with Gasteiger partial charge in [0, 0.05) is 6.07 Å². The molecule has 0 bridgehead atoms. The summed E-state index contributed by atoms with van der Waals surface area (Å²) in [5.74, 6) is -1.65. The van der Waals surface area contributed by atoms with Gasteiger partial charge in [-0.05, 0) is 28.4 Å². The lowest BCUT2D eigenvalue weighted by Gasteiger charge is -2.09. The van der Waals surface area contributed by atoms with Crippen LogP contribution in [0.3, 0.4) is 0 Å². The van der Waals surface area contributed by atoms with Gasteiger partial charge >= 0.3 is 5.97 Å². The first-order chi connectivity index (χ1) is 6.49. The van der Waals surface area contributed by atoms with Crippen LogP contribution in [0.4, 0.5) is 4.39 Å². The maximum Gasteiger partial charge on any atom is 0.339 e. The highest BCUT2D eigenvalue weighted by atomic mass is 79.9. The van der Waals surface area contributed by atoms with Gasteiger partial charge in [-0.1, -0.05) is 0 Å². The van der Waals surface area contributed by atoms with E-state index in [-0.39, 0.29) is 15.8 Å². The van der Waals surface area contributed by atoms with Crippen LogP contribution in [0.2, 0.25) is 0 Å². The molecule has 0 spiro atoms. The smallest absolute Gasteiger partial charge is 0.339 e. The number of carboxylic acid groups (broad SMARTS) is 1. The second-order valence-electron chi connectivity index (χ2n) is 2.68. The monoisotopic (exact) mass is 262 g/mol. The zero-order valence-corrected chi connectivity index (χ0v) is 9.18. The molecule has 76 valence electrons. The number of methoxy groups -OCH3 is 1. The zero-order valence-electron chi connectivity index (χ0n) is 7.60. The standard InChI is InChI=1S/C9H8BrFO3/c1-4-7(9(12)13)6(14-2)3-5(11)8(4)10/h3H,1-2H3,(H,12,13). The molecule has 0 aromatic heterocycles. The Morgan fingerprint density at radius 1 is 1.64 bits per heavy atom. The minimum Gasteiger partial charge on any atom is -0.496 e. The fraction of sp³-hybridized carbons (Fsp3) is 0.222. The molecule has 0 fully saturated rings. The lowest BCUT2D eigenvalue weighted by Crippen LogP contribution is -2.05. The molecule has 0 heterocycles. The van der Waals surface area contributed by atoms with E-state index >= 15 is 0 Å². The van der Waals surface area contributed by atoms with Gasteiger partial charge in [-0.3, -0.25) is 0 Å². The number of carbonyl (C=O) groups is 1. The third kappa shape index (κ3) is 1.72. The molecule has 0 saturated heterocycles. The summed E-state index contributed by atoms with van der Waals surface area (Å²) in [5.41, 5.74) is 0.287. The highest BCUT2D eigenvalue weighted by Gasteiger charge is 2.19. The van der Waals surface area contributed by atoms with Crippen molar-refractivity contribution in [3.05, 3.63) is 27.5 Å². The molecule has 0 amide bonds. The summed E-state index contributed by atoms with van der Waals surface area (Å²) in [7, 11) is 1.30. The molecule has 14 heavy (non-hydrogen) atoms. The molecule has 0 radical (unpaired) electrons. The Morgan fingerprint density at radius 3 is 2.64 bits per heavy atom. The summed E-state index contributed by atoms with van der Waals surface area (Å²) in [4.78, 5) is 10.8. The Hall–Kier alpha value is -1.10. The Bertz CT molecular complexity index is 390. The Balaban J connectivity index is 3.53. The number of halogens is 2. The Labute approximate surface area is 88.6 Å². The largest absolute Gasteiger partial charge is 0.496 e. The van der Waals surface area contributed by atoms with Gasteiger partial charge in [0.1, 0.15) is 17.1 Å². The van der Waals surface area contributed by atoms with Crippen LogP contribution in [-0.2, 0) is 0 Å². The molecule has 0 atom stereocenters. The highest BCUT2D eigenvalue weighted by Crippen LogP contribution is 2.31. The number of hydrogen-bond acceptors (Lipinski definition) is 2.